The topological polar surface area (TPSA) is 38.9 Å². The Morgan fingerprint density at radius 1 is 1.33 bits per heavy atom. The van der Waals surface area contributed by atoms with Gasteiger partial charge in [0.2, 0.25) is 0 Å². The van der Waals surface area contributed by atoms with Gasteiger partial charge in [-0.3, -0.25) is 0 Å². The van der Waals surface area contributed by atoms with Crippen molar-refractivity contribution in [1.29, 1.82) is 0 Å². The lowest BCUT2D eigenvalue weighted by Gasteiger charge is -2.15. The first-order chi connectivity index (χ1) is 8.70. The van der Waals surface area contributed by atoms with E-state index in [1.807, 2.05) is 23.5 Å². The number of hydrogen-bond acceptors (Lipinski definition) is 3. The molecule has 2 aromatic rings. The molecule has 1 aliphatic carbocycles. The van der Waals surface area contributed by atoms with Crippen LogP contribution in [-0.4, -0.2) is 4.98 Å². The summed E-state index contributed by atoms with van der Waals surface area (Å²) in [6.45, 7) is 2.34. The van der Waals surface area contributed by atoms with Crippen molar-refractivity contribution >= 4 is 17.0 Å². The number of rotatable bonds is 2. The van der Waals surface area contributed by atoms with Crippen molar-refractivity contribution in [3.63, 3.8) is 0 Å². The van der Waals surface area contributed by atoms with Crippen LogP contribution in [0.1, 0.15) is 34.5 Å². The van der Waals surface area contributed by atoms with Gasteiger partial charge in [-0.15, -0.1) is 11.3 Å². The standard InChI is InChI=1S/C15H18N2S/c1-10-2-7-13-14(8-10)18-15(17-13)9-11-3-5-12(16)6-4-11/h3-6,10H,2,7-9,16H2,1H3. The zero-order chi connectivity index (χ0) is 12.5. The molecular formula is C15H18N2S. The van der Waals surface area contributed by atoms with E-state index < -0.39 is 0 Å². The van der Waals surface area contributed by atoms with Gasteiger partial charge in [0.15, 0.2) is 0 Å². The van der Waals surface area contributed by atoms with Gasteiger partial charge < -0.3 is 5.73 Å². The number of hydrogen-bond donors (Lipinski definition) is 1. The molecule has 0 saturated heterocycles. The third-order valence-corrected chi connectivity index (χ3v) is 4.69. The van der Waals surface area contributed by atoms with Crippen molar-refractivity contribution in [1.82, 2.24) is 4.98 Å². The van der Waals surface area contributed by atoms with E-state index in [0.717, 1.165) is 24.4 Å². The normalized spacial score (nSPS) is 18.6. The number of aryl methyl sites for hydroxylation is 1. The highest BCUT2D eigenvalue weighted by Crippen LogP contribution is 2.30. The van der Waals surface area contributed by atoms with Gasteiger partial charge in [-0.25, -0.2) is 4.98 Å². The summed E-state index contributed by atoms with van der Waals surface area (Å²) in [5.41, 5.74) is 9.17. The SMILES string of the molecule is CC1CCc2nc(Cc3ccc(N)cc3)sc2C1. The molecule has 0 aliphatic heterocycles. The Hall–Kier alpha value is -1.35. The average Bonchev–Trinajstić information content (AvgIpc) is 2.73. The van der Waals surface area contributed by atoms with Crippen LogP contribution in [0.5, 0.6) is 0 Å². The van der Waals surface area contributed by atoms with E-state index in [4.69, 9.17) is 10.7 Å². The maximum Gasteiger partial charge on any atom is 0.0974 e. The Morgan fingerprint density at radius 2 is 2.11 bits per heavy atom. The summed E-state index contributed by atoms with van der Waals surface area (Å²) < 4.78 is 0. The van der Waals surface area contributed by atoms with Crippen LogP contribution in [0.4, 0.5) is 5.69 Å². The van der Waals surface area contributed by atoms with Gasteiger partial charge in [0.1, 0.15) is 0 Å². The fourth-order valence-corrected chi connectivity index (χ4v) is 3.79. The van der Waals surface area contributed by atoms with E-state index in [2.05, 4.69) is 19.1 Å². The Balaban J connectivity index is 1.79. The molecule has 0 spiro atoms. The molecule has 0 amide bonds. The first kappa shape index (κ1) is 11.7. The van der Waals surface area contributed by atoms with E-state index in [-0.39, 0.29) is 0 Å². The largest absolute Gasteiger partial charge is 0.399 e. The van der Waals surface area contributed by atoms with Gasteiger partial charge in [-0.2, -0.15) is 0 Å². The molecule has 1 unspecified atom stereocenters. The predicted molar refractivity (Wildman–Crippen MR) is 77.0 cm³/mol. The maximum atomic E-state index is 5.70. The lowest BCUT2D eigenvalue weighted by molar-refractivity contribution is 0.501. The second-order valence-corrected chi connectivity index (χ2v) is 6.41. The number of fused-ring (bicyclic) bond motifs is 1. The Kier molecular flexibility index (Phi) is 3.08. The fraction of sp³-hybridized carbons (Fsp3) is 0.400. The summed E-state index contributed by atoms with van der Waals surface area (Å²) >= 11 is 1.90. The summed E-state index contributed by atoms with van der Waals surface area (Å²) in [7, 11) is 0. The second kappa shape index (κ2) is 4.73. The van der Waals surface area contributed by atoms with Gasteiger partial charge >= 0.3 is 0 Å². The summed E-state index contributed by atoms with van der Waals surface area (Å²) in [6, 6.07) is 8.12. The molecule has 0 bridgehead atoms. The van der Waals surface area contributed by atoms with Crippen molar-refractivity contribution in [2.24, 2.45) is 5.92 Å². The molecule has 1 aromatic carbocycles. The Bertz CT molecular complexity index is 542. The molecule has 1 atom stereocenters. The fourth-order valence-electron chi connectivity index (χ4n) is 2.48. The van der Waals surface area contributed by atoms with Crippen molar-refractivity contribution in [3.8, 4) is 0 Å². The smallest absolute Gasteiger partial charge is 0.0974 e. The molecule has 18 heavy (non-hydrogen) atoms. The number of benzene rings is 1. The number of anilines is 1. The Morgan fingerprint density at radius 3 is 2.89 bits per heavy atom. The van der Waals surface area contributed by atoms with Crippen LogP contribution in [0.15, 0.2) is 24.3 Å². The van der Waals surface area contributed by atoms with Crippen LogP contribution in [0.2, 0.25) is 0 Å². The zero-order valence-electron chi connectivity index (χ0n) is 10.6. The van der Waals surface area contributed by atoms with Crippen LogP contribution in [-0.2, 0) is 19.3 Å². The lowest BCUT2D eigenvalue weighted by Crippen LogP contribution is -2.09. The minimum atomic E-state index is 0.822. The number of nitrogens with zero attached hydrogens (tertiary/aromatic N) is 1. The highest BCUT2D eigenvalue weighted by atomic mass is 32.1. The van der Waals surface area contributed by atoms with E-state index >= 15 is 0 Å². The third kappa shape index (κ3) is 2.41. The van der Waals surface area contributed by atoms with Crippen molar-refractivity contribution in [2.45, 2.75) is 32.6 Å². The molecule has 3 rings (SSSR count). The highest BCUT2D eigenvalue weighted by molar-refractivity contribution is 7.11. The third-order valence-electron chi connectivity index (χ3n) is 3.57. The van der Waals surface area contributed by atoms with E-state index in [0.29, 0.717) is 0 Å². The van der Waals surface area contributed by atoms with E-state index in [1.54, 1.807) is 0 Å². The van der Waals surface area contributed by atoms with Crippen LogP contribution in [0, 0.1) is 5.92 Å². The maximum absolute atomic E-state index is 5.70. The molecular weight excluding hydrogens is 240 g/mol. The van der Waals surface area contributed by atoms with Crippen LogP contribution in [0.25, 0.3) is 0 Å². The van der Waals surface area contributed by atoms with Crippen molar-refractivity contribution in [2.75, 3.05) is 5.73 Å². The minimum Gasteiger partial charge on any atom is -0.399 e. The van der Waals surface area contributed by atoms with Gasteiger partial charge in [0.25, 0.3) is 0 Å². The van der Waals surface area contributed by atoms with E-state index in [1.165, 1.54) is 34.0 Å². The first-order valence-corrected chi connectivity index (χ1v) is 7.34. The number of nitrogens with two attached hydrogens (primary N) is 1. The summed E-state index contributed by atoms with van der Waals surface area (Å²) in [5, 5.41) is 1.25. The molecule has 1 heterocycles. The number of nitrogen functional groups attached to an aromatic ring is 1. The first-order valence-electron chi connectivity index (χ1n) is 6.52. The van der Waals surface area contributed by atoms with Gasteiger partial charge in [0, 0.05) is 17.0 Å². The molecule has 3 heteroatoms. The molecule has 2 N–H and O–H groups in total. The van der Waals surface area contributed by atoms with Crippen molar-refractivity contribution < 1.29 is 0 Å². The van der Waals surface area contributed by atoms with Gasteiger partial charge in [-0.05, 0) is 42.9 Å². The molecule has 2 nitrogen and oxygen atoms in total. The number of aromatic nitrogens is 1. The molecule has 1 aromatic heterocycles. The second-order valence-electron chi connectivity index (χ2n) is 5.24. The quantitative estimate of drug-likeness (QED) is 0.838. The molecule has 0 radical (unpaired) electrons. The highest BCUT2D eigenvalue weighted by Gasteiger charge is 2.19. The minimum absolute atomic E-state index is 0.822. The van der Waals surface area contributed by atoms with Gasteiger partial charge in [0.05, 0.1) is 10.7 Å². The molecule has 0 saturated carbocycles. The monoisotopic (exact) mass is 258 g/mol. The summed E-state index contributed by atoms with van der Waals surface area (Å²) in [4.78, 5) is 6.30. The van der Waals surface area contributed by atoms with Gasteiger partial charge in [-0.1, -0.05) is 19.1 Å². The summed E-state index contributed by atoms with van der Waals surface area (Å²) in [5.74, 6) is 0.822. The number of thiazole rings is 1. The van der Waals surface area contributed by atoms with E-state index in [9.17, 15) is 0 Å². The van der Waals surface area contributed by atoms with Crippen LogP contribution in [0.3, 0.4) is 0 Å². The molecule has 1 aliphatic rings. The lowest BCUT2D eigenvalue weighted by atomic mass is 9.93. The van der Waals surface area contributed by atoms with Crippen LogP contribution >= 0.6 is 11.3 Å². The molecule has 0 fully saturated rings. The summed E-state index contributed by atoms with van der Waals surface area (Å²) in [6.07, 6.45) is 4.61. The zero-order valence-corrected chi connectivity index (χ0v) is 11.5. The van der Waals surface area contributed by atoms with Crippen LogP contribution < -0.4 is 5.73 Å². The van der Waals surface area contributed by atoms with Crippen molar-refractivity contribution in [3.05, 3.63) is 45.4 Å². The molecule has 94 valence electrons. The Labute approximate surface area is 112 Å². The predicted octanol–water partition coefficient (Wildman–Crippen LogP) is 3.44. The average molecular weight is 258 g/mol.